The Bertz CT molecular complexity index is 1170. The van der Waals surface area contributed by atoms with Gasteiger partial charge in [0.1, 0.15) is 17.1 Å². The Balaban J connectivity index is 1.98. The largest absolute Gasteiger partial charge is 0.497 e. The van der Waals surface area contributed by atoms with Gasteiger partial charge in [-0.25, -0.2) is 13.6 Å². The number of nitrogens with one attached hydrogen (secondary N) is 1. The van der Waals surface area contributed by atoms with Crippen LogP contribution in [0.1, 0.15) is 29.9 Å². The van der Waals surface area contributed by atoms with Crippen molar-refractivity contribution in [1.29, 1.82) is 0 Å². The molecule has 10 heteroatoms. The second-order valence-corrected chi connectivity index (χ2v) is 8.10. The van der Waals surface area contributed by atoms with E-state index >= 15 is 0 Å². The Morgan fingerprint density at radius 3 is 2.45 bits per heavy atom. The van der Waals surface area contributed by atoms with E-state index in [9.17, 15) is 21.6 Å². The molecule has 1 heterocycles. The van der Waals surface area contributed by atoms with Crippen molar-refractivity contribution >= 4 is 26.7 Å². The zero-order valence-electron chi connectivity index (χ0n) is 15.8. The minimum Gasteiger partial charge on any atom is -0.497 e. The molecule has 0 amide bonds. The lowest BCUT2D eigenvalue weighted by Gasteiger charge is -2.17. The summed E-state index contributed by atoms with van der Waals surface area (Å²) in [5.41, 5.74) is 0.182. The van der Waals surface area contributed by atoms with Crippen molar-refractivity contribution in [3.8, 4) is 5.75 Å². The van der Waals surface area contributed by atoms with Gasteiger partial charge in [0.25, 0.3) is 0 Å². The van der Waals surface area contributed by atoms with Gasteiger partial charge in [0, 0.05) is 16.6 Å². The summed E-state index contributed by atoms with van der Waals surface area (Å²) in [5, 5.41) is 8.66. The van der Waals surface area contributed by atoms with Gasteiger partial charge >= 0.3 is 6.18 Å². The molecule has 0 aliphatic heterocycles. The number of sulfonamides is 1. The van der Waals surface area contributed by atoms with Crippen molar-refractivity contribution in [2.75, 3.05) is 12.4 Å². The first-order valence-corrected chi connectivity index (χ1v) is 10.0. The van der Waals surface area contributed by atoms with Gasteiger partial charge in [-0.3, -0.25) is 0 Å². The molecule has 0 saturated heterocycles. The van der Waals surface area contributed by atoms with Crippen LogP contribution in [0, 0.1) is 6.92 Å². The number of nitrogens with two attached hydrogens (primary N) is 1. The molecular weight excluding hydrogens is 409 g/mol. The number of hydrogen-bond acceptors (Lipinski definition) is 5. The number of benzene rings is 2. The number of methoxy groups -OCH3 is 1. The minimum absolute atomic E-state index is 0.0784. The van der Waals surface area contributed by atoms with Crippen molar-refractivity contribution in [2.24, 2.45) is 5.14 Å². The van der Waals surface area contributed by atoms with Crippen molar-refractivity contribution in [2.45, 2.75) is 31.0 Å². The Morgan fingerprint density at radius 2 is 1.86 bits per heavy atom. The van der Waals surface area contributed by atoms with Crippen LogP contribution in [-0.2, 0) is 16.2 Å². The minimum atomic E-state index is -4.88. The molecule has 0 spiro atoms. The summed E-state index contributed by atoms with van der Waals surface area (Å²) in [4.78, 5) is -0.977. The van der Waals surface area contributed by atoms with Crippen molar-refractivity contribution in [3.05, 3.63) is 53.3 Å². The molecule has 2 aromatic carbocycles. The van der Waals surface area contributed by atoms with Gasteiger partial charge in [-0.1, -0.05) is 0 Å². The van der Waals surface area contributed by atoms with Gasteiger partial charge in [0.05, 0.1) is 23.6 Å². The van der Waals surface area contributed by atoms with Crippen LogP contribution in [0.2, 0.25) is 0 Å². The van der Waals surface area contributed by atoms with Crippen LogP contribution in [0.15, 0.2) is 45.7 Å². The zero-order valence-corrected chi connectivity index (χ0v) is 16.6. The first kappa shape index (κ1) is 21.0. The number of ether oxygens (including phenoxy) is 1. The SMILES string of the molecule is COc1ccc2oc(C(C)Nc3ccc(S(N)(=O)=O)c(C(F)(F)F)c3)c(C)c2c1. The molecule has 6 nitrogen and oxygen atoms in total. The topological polar surface area (TPSA) is 94.6 Å². The number of primary sulfonamides is 1. The van der Waals surface area contributed by atoms with Crippen LogP contribution >= 0.6 is 0 Å². The smallest absolute Gasteiger partial charge is 0.417 e. The highest BCUT2D eigenvalue weighted by atomic mass is 32.2. The molecule has 0 aliphatic carbocycles. The lowest BCUT2D eigenvalue weighted by molar-refractivity contribution is -0.139. The van der Waals surface area contributed by atoms with Crippen molar-refractivity contribution in [1.82, 2.24) is 0 Å². The van der Waals surface area contributed by atoms with Gasteiger partial charge in [-0.15, -0.1) is 0 Å². The van der Waals surface area contributed by atoms with E-state index < -0.39 is 32.7 Å². The maximum absolute atomic E-state index is 13.3. The number of anilines is 1. The summed E-state index contributed by atoms with van der Waals surface area (Å²) >= 11 is 0. The fourth-order valence-electron chi connectivity index (χ4n) is 3.16. The highest BCUT2D eigenvalue weighted by Gasteiger charge is 2.36. The van der Waals surface area contributed by atoms with E-state index in [0.717, 1.165) is 23.1 Å². The first-order chi connectivity index (χ1) is 13.4. The molecule has 0 aliphatic rings. The molecule has 1 aromatic heterocycles. The molecule has 1 unspecified atom stereocenters. The molecule has 0 fully saturated rings. The molecule has 29 heavy (non-hydrogen) atoms. The molecule has 156 valence electrons. The molecule has 3 N–H and O–H groups in total. The molecule has 0 saturated carbocycles. The summed E-state index contributed by atoms with van der Waals surface area (Å²) in [6, 6.07) is 7.60. The number of fused-ring (bicyclic) bond motifs is 1. The van der Waals surface area contributed by atoms with Crippen molar-refractivity contribution < 1.29 is 30.7 Å². The predicted molar refractivity (Wildman–Crippen MR) is 102 cm³/mol. The number of aryl methyl sites for hydroxylation is 1. The summed E-state index contributed by atoms with van der Waals surface area (Å²) in [5.74, 6) is 1.19. The average molecular weight is 428 g/mol. The normalized spacial score (nSPS) is 13.5. The Kier molecular flexibility index (Phi) is 5.26. The van der Waals surface area contributed by atoms with Gasteiger partial charge < -0.3 is 14.5 Å². The summed E-state index contributed by atoms with van der Waals surface area (Å²) < 4.78 is 74.0. The lowest BCUT2D eigenvalue weighted by atomic mass is 10.1. The number of rotatable bonds is 5. The maximum Gasteiger partial charge on any atom is 0.417 e. The summed E-state index contributed by atoms with van der Waals surface area (Å²) in [7, 11) is -2.98. The van der Waals surface area contributed by atoms with Gasteiger partial charge in [0.15, 0.2) is 0 Å². The van der Waals surface area contributed by atoms with E-state index in [1.54, 1.807) is 26.2 Å². The highest BCUT2D eigenvalue weighted by molar-refractivity contribution is 7.89. The molecule has 0 radical (unpaired) electrons. The molecule has 3 aromatic rings. The van der Waals surface area contributed by atoms with E-state index in [1.807, 2.05) is 13.0 Å². The van der Waals surface area contributed by atoms with Crippen molar-refractivity contribution in [3.63, 3.8) is 0 Å². The second kappa shape index (κ2) is 7.27. The van der Waals surface area contributed by atoms with Crippen LogP contribution in [0.4, 0.5) is 18.9 Å². The monoisotopic (exact) mass is 428 g/mol. The fourth-order valence-corrected chi connectivity index (χ4v) is 3.90. The maximum atomic E-state index is 13.3. The van der Waals surface area contributed by atoms with Crippen LogP contribution in [-0.4, -0.2) is 15.5 Å². The van der Waals surface area contributed by atoms with Crippen LogP contribution in [0.25, 0.3) is 11.0 Å². The molecular formula is C19H19F3N2O4S. The third kappa shape index (κ3) is 4.18. The summed E-state index contributed by atoms with van der Waals surface area (Å²) in [6.07, 6.45) is -4.88. The zero-order chi connectivity index (χ0) is 21.6. The Hall–Kier alpha value is -2.72. The van der Waals surface area contributed by atoms with Crippen LogP contribution in [0.3, 0.4) is 0 Å². The number of furan rings is 1. The van der Waals surface area contributed by atoms with Gasteiger partial charge in [-0.05, 0) is 50.2 Å². The predicted octanol–water partition coefficient (Wildman–Crippen LogP) is 4.59. The van der Waals surface area contributed by atoms with E-state index in [1.165, 1.54) is 6.07 Å². The van der Waals surface area contributed by atoms with Crippen LogP contribution < -0.4 is 15.2 Å². The Morgan fingerprint density at radius 1 is 1.17 bits per heavy atom. The number of hydrogen-bond donors (Lipinski definition) is 2. The molecule has 1 atom stereocenters. The summed E-state index contributed by atoms with van der Waals surface area (Å²) in [6.45, 7) is 3.56. The Labute approximate surface area is 165 Å². The fraction of sp³-hybridized carbons (Fsp3) is 0.263. The highest BCUT2D eigenvalue weighted by Crippen LogP contribution is 2.37. The van der Waals surface area contributed by atoms with Gasteiger partial charge in [-0.2, -0.15) is 13.2 Å². The quantitative estimate of drug-likeness (QED) is 0.620. The third-order valence-corrected chi connectivity index (χ3v) is 5.52. The average Bonchev–Trinajstić information content (AvgIpc) is 2.96. The first-order valence-electron chi connectivity index (χ1n) is 8.49. The van der Waals surface area contributed by atoms with E-state index in [2.05, 4.69) is 5.32 Å². The number of alkyl halides is 3. The van der Waals surface area contributed by atoms with Gasteiger partial charge in [0.2, 0.25) is 10.0 Å². The van der Waals surface area contributed by atoms with E-state index in [4.69, 9.17) is 14.3 Å². The van der Waals surface area contributed by atoms with Crippen LogP contribution in [0.5, 0.6) is 5.75 Å². The molecule has 3 rings (SSSR count). The van der Waals surface area contributed by atoms with E-state index in [-0.39, 0.29) is 5.69 Å². The number of halogens is 3. The lowest BCUT2D eigenvalue weighted by Crippen LogP contribution is -2.19. The molecule has 0 bridgehead atoms. The standard InChI is InChI=1S/C19H19F3N2O4S/c1-10-14-9-13(27-3)5-6-16(14)28-18(10)11(2)24-12-4-7-17(29(23,25)26)15(8-12)19(20,21)22/h4-9,11,24H,1-3H3,(H2,23,25,26). The second-order valence-electron chi connectivity index (χ2n) is 6.57. The third-order valence-electron chi connectivity index (χ3n) is 4.55. The van der Waals surface area contributed by atoms with E-state index in [0.29, 0.717) is 17.1 Å².